The third-order valence-corrected chi connectivity index (χ3v) is 3.80. The van der Waals surface area contributed by atoms with Gasteiger partial charge in [0.05, 0.1) is 0 Å². The summed E-state index contributed by atoms with van der Waals surface area (Å²) in [5, 5.41) is 0. The molecule has 92 valence electrons. The molecule has 0 aliphatic heterocycles. The van der Waals surface area contributed by atoms with Gasteiger partial charge in [-0.3, -0.25) is 4.79 Å². The van der Waals surface area contributed by atoms with Crippen molar-refractivity contribution in [3.05, 3.63) is 23.8 Å². The van der Waals surface area contributed by atoms with E-state index in [1.807, 2.05) is 6.92 Å². The molecule has 1 heterocycles. The van der Waals surface area contributed by atoms with E-state index >= 15 is 0 Å². The monoisotopic (exact) mass is 232 g/mol. The van der Waals surface area contributed by atoms with Gasteiger partial charge in [-0.15, -0.1) is 0 Å². The first-order chi connectivity index (χ1) is 8.20. The van der Waals surface area contributed by atoms with Crippen molar-refractivity contribution in [3.63, 3.8) is 0 Å². The molecule has 0 saturated heterocycles. The highest BCUT2D eigenvalue weighted by molar-refractivity contribution is 5.94. The van der Waals surface area contributed by atoms with Gasteiger partial charge in [0.2, 0.25) is 5.78 Å². The van der Waals surface area contributed by atoms with E-state index in [1.54, 1.807) is 12.4 Å². The van der Waals surface area contributed by atoms with Crippen molar-refractivity contribution >= 4 is 5.78 Å². The van der Waals surface area contributed by atoms with Gasteiger partial charge < -0.3 is 0 Å². The van der Waals surface area contributed by atoms with Crippen LogP contribution >= 0.6 is 0 Å². The molecule has 1 aliphatic carbocycles. The number of nitrogens with zero attached hydrogens (tertiary/aromatic N) is 2. The van der Waals surface area contributed by atoms with Crippen molar-refractivity contribution < 1.29 is 4.79 Å². The number of rotatable bonds is 3. The van der Waals surface area contributed by atoms with Crippen molar-refractivity contribution in [2.24, 2.45) is 11.8 Å². The van der Waals surface area contributed by atoms with Crippen molar-refractivity contribution in [1.82, 2.24) is 9.97 Å². The van der Waals surface area contributed by atoms with Gasteiger partial charge in [-0.2, -0.15) is 0 Å². The number of carbonyl (C=O) groups is 1. The van der Waals surface area contributed by atoms with Crippen LogP contribution in [0.2, 0.25) is 0 Å². The predicted molar refractivity (Wildman–Crippen MR) is 66.8 cm³/mol. The fourth-order valence-corrected chi connectivity index (χ4v) is 2.54. The summed E-state index contributed by atoms with van der Waals surface area (Å²) in [7, 11) is 0. The number of hydrogen-bond acceptors (Lipinski definition) is 3. The van der Waals surface area contributed by atoms with Crippen LogP contribution in [0.15, 0.2) is 12.4 Å². The Kier molecular flexibility index (Phi) is 3.87. The van der Waals surface area contributed by atoms with E-state index in [-0.39, 0.29) is 11.7 Å². The molecule has 17 heavy (non-hydrogen) atoms. The molecule has 3 heteroatoms. The topological polar surface area (TPSA) is 42.9 Å². The van der Waals surface area contributed by atoms with Crippen LogP contribution in [0.25, 0.3) is 0 Å². The molecule has 0 unspecified atom stereocenters. The SMILES string of the molecule is CCC1CCC(C(=O)c2ncc(C)cn2)CC1. The molecular formula is C14H20N2O. The van der Waals surface area contributed by atoms with Gasteiger partial charge in [0.25, 0.3) is 0 Å². The number of carbonyl (C=O) groups excluding carboxylic acids is 1. The van der Waals surface area contributed by atoms with Crippen LogP contribution in [0.3, 0.4) is 0 Å². The molecular weight excluding hydrogens is 212 g/mol. The molecule has 2 rings (SSSR count). The lowest BCUT2D eigenvalue weighted by atomic mass is 9.79. The quantitative estimate of drug-likeness (QED) is 0.752. The second-order valence-electron chi connectivity index (χ2n) is 5.07. The van der Waals surface area contributed by atoms with E-state index in [4.69, 9.17) is 0 Å². The first-order valence-electron chi connectivity index (χ1n) is 6.53. The lowest BCUT2D eigenvalue weighted by molar-refractivity contribution is 0.0860. The van der Waals surface area contributed by atoms with E-state index in [0.29, 0.717) is 5.82 Å². The minimum absolute atomic E-state index is 0.138. The summed E-state index contributed by atoms with van der Waals surface area (Å²) in [5.74, 6) is 1.51. The van der Waals surface area contributed by atoms with E-state index < -0.39 is 0 Å². The van der Waals surface area contributed by atoms with Gasteiger partial charge in [-0.1, -0.05) is 13.3 Å². The first kappa shape index (κ1) is 12.2. The third-order valence-electron chi connectivity index (χ3n) is 3.80. The molecule has 0 bridgehead atoms. The van der Waals surface area contributed by atoms with Crippen LogP contribution in [0.1, 0.15) is 55.2 Å². The third kappa shape index (κ3) is 2.90. The molecule has 1 aromatic heterocycles. The van der Waals surface area contributed by atoms with Crippen LogP contribution in [0.5, 0.6) is 0 Å². The maximum atomic E-state index is 12.2. The average molecular weight is 232 g/mol. The van der Waals surface area contributed by atoms with Crippen molar-refractivity contribution in [2.75, 3.05) is 0 Å². The van der Waals surface area contributed by atoms with E-state index in [1.165, 1.54) is 19.3 Å². The summed E-state index contributed by atoms with van der Waals surface area (Å²) in [4.78, 5) is 20.4. The van der Waals surface area contributed by atoms with Crippen molar-refractivity contribution in [2.45, 2.75) is 46.0 Å². The number of hydrogen-bond donors (Lipinski definition) is 0. The highest BCUT2D eigenvalue weighted by Crippen LogP contribution is 2.31. The van der Waals surface area contributed by atoms with E-state index in [0.717, 1.165) is 24.3 Å². The largest absolute Gasteiger partial charge is 0.290 e. The number of aryl methyl sites for hydroxylation is 1. The second-order valence-corrected chi connectivity index (χ2v) is 5.07. The summed E-state index contributed by atoms with van der Waals surface area (Å²) < 4.78 is 0. The van der Waals surface area contributed by atoms with Gasteiger partial charge in [0.15, 0.2) is 5.82 Å². The molecule has 0 aromatic carbocycles. The Balaban J connectivity index is 1.99. The van der Waals surface area contributed by atoms with Gasteiger partial charge in [-0.25, -0.2) is 9.97 Å². The fourth-order valence-electron chi connectivity index (χ4n) is 2.54. The average Bonchev–Trinajstić information content (AvgIpc) is 2.39. The predicted octanol–water partition coefficient (Wildman–Crippen LogP) is 3.18. The summed E-state index contributed by atoms with van der Waals surface area (Å²) in [6.45, 7) is 4.16. The van der Waals surface area contributed by atoms with Gasteiger partial charge >= 0.3 is 0 Å². The Labute approximate surface area is 103 Å². The Morgan fingerprint density at radius 1 is 1.24 bits per heavy atom. The zero-order valence-electron chi connectivity index (χ0n) is 10.6. The molecule has 0 spiro atoms. The highest BCUT2D eigenvalue weighted by Gasteiger charge is 2.27. The number of aromatic nitrogens is 2. The van der Waals surface area contributed by atoms with Crippen LogP contribution < -0.4 is 0 Å². The fraction of sp³-hybridized carbons (Fsp3) is 0.643. The molecule has 3 nitrogen and oxygen atoms in total. The molecule has 1 aliphatic rings. The van der Waals surface area contributed by atoms with Crippen LogP contribution in [-0.4, -0.2) is 15.8 Å². The molecule has 0 atom stereocenters. The number of ketones is 1. The second kappa shape index (κ2) is 5.39. The molecule has 0 amide bonds. The van der Waals surface area contributed by atoms with Gasteiger partial charge in [0.1, 0.15) is 0 Å². The normalized spacial score (nSPS) is 24.6. The van der Waals surface area contributed by atoms with Crippen molar-refractivity contribution in [3.8, 4) is 0 Å². The lowest BCUT2D eigenvalue weighted by Gasteiger charge is -2.26. The maximum Gasteiger partial charge on any atom is 0.203 e. The smallest absolute Gasteiger partial charge is 0.203 e. The zero-order chi connectivity index (χ0) is 12.3. The lowest BCUT2D eigenvalue weighted by Crippen LogP contribution is -2.23. The van der Waals surface area contributed by atoms with Crippen molar-refractivity contribution in [1.29, 1.82) is 0 Å². The van der Waals surface area contributed by atoms with Gasteiger partial charge in [0, 0.05) is 18.3 Å². The summed E-state index contributed by atoms with van der Waals surface area (Å²) in [5.41, 5.74) is 0.997. The first-order valence-corrected chi connectivity index (χ1v) is 6.53. The Morgan fingerprint density at radius 2 is 1.82 bits per heavy atom. The van der Waals surface area contributed by atoms with Crippen LogP contribution in [0.4, 0.5) is 0 Å². The molecule has 0 N–H and O–H groups in total. The Bertz CT molecular complexity index is 378. The van der Waals surface area contributed by atoms with E-state index in [2.05, 4.69) is 16.9 Å². The minimum Gasteiger partial charge on any atom is -0.290 e. The maximum absolute atomic E-state index is 12.2. The van der Waals surface area contributed by atoms with Crippen LogP contribution in [-0.2, 0) is 0 Å². The molecule has 1 aromatic rings. The highest BCUT2D eigenvalue weighted by atomic mass is 16.1. The van der Waals surface area contributed by atoms with E-state index in [9.17, 15) is 4.79 Å². The summed E-state index contributed by atoms with van der Waals surface area (Å²) >= 11 is 0. The summed E-state index contributed by atoms with van der Waals surface area (Å²) in [6.07, 6.45) is 9.05. The van der Waals surface area contributed by atoms with Crippen LogP contribution in [0, 0.1) is 18.8 Å². The Hall–Kier alpha value is -1.25. The summed E-state index contributed by atoms with van der Waals surface area (Å²) in [6, 6.07) is 0. The number of Topliss-reactive ketones (excluding diaryl/α,β-unsaturated/α-hetero) is 1. The molecule has 1 saturated carbocycles. The van der Waals surface area contributed by atoms with Gasteiger partial charge in [-0.05, 0) is 44.1 Å². The zero-order valence-corrected chi connectivity index (χ0v) is 10.6. The standard InChI is InChI=1S/C14H20N2O/c1-3-11-4-6-12(7-5-11)13(17)14-15-8-10(2)9-16-14/h8-9,11-12H,3-7H2,1-2H3. The molecule has 1 fully saturated rings. The molecule has 0 radical (unpaired) electrons. The minimum atomic E-state index is 0.138. The Morgan fingerprint density at radius 3 is 2.35 bits per heavy atom.